The van der Waals surface area contributed by atoms with E-state index in [0.717, 1.165) is 30.7 Å². The Hall–Kier alpha value is -1.39. The van der Waals surface area contributed by atoms with Gasteiger partial charge in [-0.1, -0.05) is 26.0 Å². The van der Waals surface area contributed by atoms with Crippen LogP contribution in [0, 0.1) is 18.3 Å². The molecule has 1 amide bonds. The number of nitrogens with one attached hydrogen (secondary N) is 1. The number of ether oxygens (including phenoxy) is 1. The number of carbonyl (C=O) groups excluding carboxylic acids is 1. The smallest absolute Gasteiger partial charge is 0.245 e. The summed E-state index contributed by atoms with van der Waals surface area (Å²) in [5.74, 6) is 0.0240. The SMILES string of the molecule is Cc1cccc(NC(=O)C2(N)C3CCCOC3C2(C)C)c1. The van der Waals surface area contributed by atoms with Gasteiger partial charge in [0.15, 0.2) is 0 Å². The first kappa shape index (κ1) is 14.5. The lowest BCUT2D eigenvalue weighted by Gasteiger charge is -2.65. The molecular weight excluding hydrogens is 264 g/mol. The summed E-state index contributed by atoms with van der Waals surface area (Å²) >= 11 is 0. The summed E-state index contributed by atoms with van der Waals surface area (Å²) in [4.78, 5) is 12.8. The van der Waals surface area contributed by atoms with Gasteiger partial charge in [0.25, 0.3) is 0 Å². The van der Waals surface area contributed by atoms with Crippen LogP contribution < -0.4 is 11.1 Å². The molecule has 3 rings (SSSR count). The van der Waals surface area contributed by atoms with Crippen molar-refractivity contribution >= 4 is 11.6 Å². The minimum Gasteiger partial charge on any atom is -0.377 e. The van der Waals surface area contributed by atoms with Crippen molar-refractivity contribution in [3.8, 4) is 0 Å². The zero-order valence-corrected chi connectivity index (χ0v) is 13.0. The monoisotopic (exact) mass is 288 g/mol. The van der Waals surface area contributed by atoms with Crippen LogP contribution in [0.3, 0.4) is 0 Å². The average molecular weight is 288 g/mol. The van der Waals surface area contributed by atoms with Crippen molar-refractivity contribution in [3.63, 3.8) is 0 Å². The number of carbonyl (C=O) groups is 1. The number of fused-ring (bicyclic) bond motifs is 1. The molecule has 114 valence electrons. The Morgan fingerprint density at radius 3 is 2.90 bits per heavy atom. The Balaban J connectivity index is 1.83. The van der Waals surface area contributed by atoms with Gasteiger partial charge in [-0.3, -0.25) is 4.79 Å². The third-order valence-corrected chi connectivity index (χ3v) is 5.34. The molecule has 1 aliphatic heterocycles. The van der Waals surface area contributed by atoms with E-state index >= 15 is 0 Å². The van der Waals surface area contributed by atoms with E-state index in [0.29, 0.717) is 0 Å². The van der Waals surface area contributed by atoms with Crippen LogP contribution in [-0.2, 0) is 9.53 Å². The summed E-state index contributed by atoms with van der Waals surface area (Å²) in [7, 11) is 0. The van der Waals surface area contributed by atoms with E-state index in [2.05, 4.69) is 5.32 Å². The number of hydrogen-bond acceptors (Lipinski definition) is 3. The maximum Gasteiger partial charge on any atom is 0.245 e. The quantitative estimate of drug-likeness (QED) is 0.878. The first-order valence-corrected chi connectivity index (χ1v) is 7.66. The molecule has 4 heteroatoms. The van der Waals surface area contributed by atoms with E-state index < -0.39 is 5.54 Å². The fourth-order valence-corrected chi connectivity index (χ4v) is 3.99. The second-order valence-corrected chi connectivity index (χ2v) is 6.95. The van der Waals surface area contributed by atoms with Gasteiger partial charge in [0.05, 0.1) is 6.10 Å². The number of benzene rings is 1. The molecule has 0 spiro atoms. The van der Waals surface area contributed by atoms with Gasteiger partial charge in [-0.15, -0.1) is 0 Å². The number of amides is 1. The molecule has 2 fully saturated rings. The highest BCUT2D eigenvalue weighted by atomic mass is 16.5. The summed E-state index contributed by atoms with van der Waals surface area (Å²) in [6, 6.07) is 7.80. The Bertz CT molecular complexity index is 570. The molecule has 1 aliphatic carbocycles. The van der Waals surface area contributed by atoms with E-state index in [9.17, 15) is 4.79 Å². The maximum absolute atomic E-state index is 12.8. The van der Waals surface area contributed by atoms with E-state index in [1.54, 1.807) is 0 Å². The predicted octanol–water partition coefficient (Wildman–Crippen LogP) is 2.47. The molecule has 1 heterocycles. The van der Waals surface area contributed by atoms with Crippen LogP contribution in [0.25, 0.3) is 0 Å². The molecule has 3 N–H and O–H groups in total. The topological polar surface area (TPSA) is 64.4 Å². The largest absolute Gasteiger partial charge is 0.377 e. The summed E-state index contributed by atoms with van der Waals surface area (Å²) in [5, 5.41) is 2.99. The second-order valence-electron chi connectivity index (χ2n) is 6.95. The average Bonchev–Trinajstić information content (AvgIpc) is 2.46. The van der Waals surface area contributed by atoms with Crippen molar-refractivity contribution in [1.29, 1.82) is 0 Å². The van der Waals surface area contributed by atoms with Crippen molar-refractivity contribution in [3.05, 3.63) is 29.8 Å². The summed E-state index contributed by atoms with van der Waals surface area (Å²) in [6.07, 6.45) is 2.04. The van der Waals surface area contributed by atoms with Gasteiger partial charge in [-0.25, -0.2) is 0 Å². The lowest BCUT2D eigenvalue weighted by Crippen LogP contribution is -2.81. The minimum absolute atomic E-state index is 0.0927. The van der Waals surface area contributed by atoms with E-state index in [1.165, 1.54) is 0 Å². The van der Waals surface area contributed by atoms with E-state index in [1.807, 2.05) is 45.0 Å². The van der Waals surface area contributed by atoms with Crippen LogP contribution in [0.1, 0.15) is 32.3 Å². The highest BCUT2D eigenvalue weighted by molar-refractivity contribution is 6.00. The molecule has 4 nitrogen and oxygen atoms in total. The Labute approximate surface area is 126 Å². The highest BCUT2D eigenvalue weighted by Gasteiger charge is 2.70. The zero-order valence-electron chi connectivity index (χ0n) is 13.0. The molecule has 0 radical (unpaired) electrons. The van der Waals surface area contributed by atoms with Gasteiger partial charge in [-0.05, 0) is 37.5 Å². The lowest BCUT2D eigenvalue weighted by molar-refractivity contribution is -0.222. The minimum atomic E-state index is -0.859. The summed E-state index contributed by atoms with van der Waals surface area (Å²) in [5.41, 5.74) is 7.29. The number of aryl methyl sites for hydroxylation is 1. The van der Waals surface area contributed by atoms with Crippen LogP contribution in [0.4, 0.5) is 5.69 Å². The maximum atomic E-state index is 12.8. The highest BCUT2D eigenvalue weighted by Crippen LogP contribution is 2.57. The molecule has 1 aromatic carbocycles. The summed E-state index contributed by atoms with van der Waals surface area (Å²) in [6.45, 7) is 6.86. The fraction of sp³-hybridized carbons (Fsp3) is 0.588. The zero-order chi connectivity index (χ0) is 15.3. The molecule has 1 aromatic rings. The fourth-order valence-electron chi connectivity index (χ4n) is 3.99. The number of rotatable bonds is 2. The van der Waals surface area contributed by atoms with Crippen molar-refractivity contribution in [1.82, 2.24) is 0 Å². The predicted molar refractivity (Wildman–Crippen MR) is 83.0 cm³/mol. The number of nitrogens with two attached hydrogens (primary N) is 1. The van der Waals surface area contributed by atoms with Gasteiger partial charge < -0.3 is 15.8 Å². The second kappa shape index (κ2) is 4.82. The first-order chi connectivity index (χ1) is 9.87. The lowest BCUT2D eigenvalue weighted by atomic mass is 9.46. The molecule has 1 saturated heterocycles. The first-order valence-electron chi connectivity index (χ1n) is 7.66. The molecule has 0 aromatic heterocycles. The molecular formula is C17H24N2O2. The molecule has 0 bridgehead atoms. The number of hydrogen-bond donors (Lipinski definition) is 2. The molecule has 1 saturated carbocycles. The Morgan fingerprint density at radius 2 is 2.19 bits per heavy atom. The normalized spacial score (nSPS) is 33.7. The van der Waals surface area contributed by atoms with Crippen molar-refractivity contribution < 1.29 is 9.53 Å². The van der Waals surface area contributed by atoms with Gasteiger partial charge >= 0.3 is 0 Å². The number of anilines is 1. The summed E-state index contributed by atoms with van der Waals surface area (Å²) < 4.78 is 5.85. The van der Waals surface area contributed by atoms with Crippen LogP contribution in [-0.4, -0.2) is 24.2 Å². The van der Waals surface area contributed by atoms with Crippen LogP contribution in [0.15, 0.2) is 24.3 Å². The van der Waals surface area contributed by atoms with E-state index in [4.69, 9.17) is 10.5 Å². The van der Waals surface area contributed by atoms with Crippen molar-refractivity contribution in [2.75, 3.05) is 11.9 Å². The van der Waals surface area contributed by atoms with Crippen LogP contribution >= 0.6 is 0 Å². The van der Waals surface area contributed by atoms with Crippen LogP contribution in [0.5, 0.6) is 0 Å². The molecule has 3 unspecified atom stereocenters. The molecule has 21 heavy (non-hydrogen) atoms. The molecule has 2 aliphatic rings. The van der Waals surface area contributed by atoms with Crippen molar-refractivity contribution in [2.24, 2.45) is 17.1 Å². The Morgan fingerprint density at radius 1 is 1.43 bits per heavy atom. The van der Waals surface area contributed by atoms with E-state index in [-0.39, 0.29) is 23.3 Å². The van der Waals surface area contributed by atoms with Gasteiger partial charge in [-0.2, -0.15) is 0 Å². The Kier molecular flexibility index (Phi) is 3.34. The van der Waals surface area contributed by atoms with Gasteiger partial charge in [0, 0.05) is 23.6 Å². The third kappa shape index (κ3) is 2.00. The van der Waals surface area contributed by atoms with Crippen molar-refractivity contribution in [2.45, 2.75) is 45.3 Å². The standard InChI is InChI=1S/C17H24N2O2/c1-11-6-4-7-12(10-11)19-15(20)17(18)13-8-5-9-21-14(13)16(17,2)3/h4,6-7,10,13-14H,5,8-9,18H2,1-3H3,(H,19,20). The van der Waals surface area contributed by atoms with Gasteiger partial charge in [0.1, 0.15) is 5.54 Å². The van der Waals surface area contributed by atoms with Gasteiger partial charge in [0.2, 0.25) is 5.91 Å². The third-order valence-electron chi connectivity index (χ3n) is 5.34. The van der Waals surface area contributed by atoms with Crippen LogP contribution in [0.2, 0.25) is 0 Å². The molecule has 3 atom stereocenters.